The van der Waals surface area contributed by atoms with Gasteiger partial charge in [-0.3, -0.25) is 0 Å². The van der Waals surface area contributed by atoms with Gasteiger partial charge in [0.1, 0.15) is 0 Å². The normalized spacial score (nSPS) is 26.1. The van der Waals surface area contributed by atoms with Crippen LogP contribution in [0.25, 0.3) is 0 Å². The van der Waals surface area contributed by atoms with E-state index in [9.17, 15) is 0 Å². The number of benzene rings is 1. The third kappa shape index (κ3) is 1.41. The quantitative estimate of drug-likeness (QED) is 0.606. The van der Waals surface area contributed by atoms with Crippen LogP contribution in [-0.4, -0.2) is 13.1 Å². The Labute approximate surface area is 86.7 Å². The van der Waals surface area contributed by atoms with Gasteiger partial charge in [0.2, 0.25) is 0 Å². The Morgan fingerprint density at radius 2 is 2.00 bits per heavy atom. The van der Waals surface area contributed by atoms with Crippen molar-refractivity contribution in [3.63, 3.8) is 0 Å². The summed E-state index contributed by atoms with van der Waals surface area (Å²) >= 11 is 0. The molecule has 1 aromatic carbocycles. The highest BCUT2D eigenvalue weighted by Crippen LogP contribution is 2.32. The summed E-state index contributed by atoms with van der Waals surface area (Å²) in [5.41, 5.74) is 4.30. The lowest BCUT2D eigenvalue weighted by Gasteiger charge is -2.38. The summed E-state index contributed by atoms with van der Waals surface area (Å²) in [4.78, 5) is 2.41. The number of anilines is 1. The molecule has 14 heavy (non-hydrogen) atoms. The molecule has 1 heterocycles. The Morgan fingerprint density at radius 3 is 2.71 bits per heavy atom. The topological polar surface area (TPSA) is 3.24 Å². The molecule has 0 radical (unpaired) electrons. The maximum atomic E-state index is 2.41. The van der Waals surface area contributed by atoms with Crippen molar-refractivity contribution in [2.24, 2.45) is 5.92 Å². The van der Waals surface area contributed by atoms with E-state index in [0.717, 1.165) is 5.92 Å². The molecule has 0 aromatic heterocycles. The highest BCUT2D eigenvalue weighted by atomic mass is 15.1. The summed E-state index contributed by atoms with van der Waals surface area (Å²) in [6.07, 6.45) is 1.22. The zero-order valence-electron chi connectivity index (χ0n) is 9.54. The molecule has 1 aliphatic rings. The molecule has 76 valence electrons. The second-order valence-electron chi connectivity index (χ2n) is 4.67. The summed E-state index contributed by atoms with van der Waals surface area (Å²) in [5.74, 6) is 0.759. The fraction of sp³-hybridized carbons (Fsp3) is 0.538. The molecule has 0 amide bonds. The van der Waals surface area contributed by atoms with E-state index in [0.29, 0.717) is 6.04 Å². The van der Waals surface area contributed by atoms with E-state index < -0.39 is 0 Å². The van der Waals surface area contributed by atoms with Gasteiger partial charge in [-0.25, -0.2) is 0 Å². The van der Waals surface area contributed by atoms with E-state index in [-0.39, 0.29) is 0 Å². The minimum Gasteiger partial charge on any atom is -0.371 e. The van der Waals surface area contributed by atoms with E-state index >= 15 is 0 Å². The summed E-state index contributed by atoms with van der Waals surface area (Å²) in [6, 6.07) is 7.45. The molecule has 2 rings (SSSR count). The maximum Gasteiger partial charge on any atom is 0.0398 e. The molecule has 0 N–H and O–H groups in total. The van der Waals surface area contributed by atoms with Crippen molar-refractivity contribution in [3.8, 4) is 0 Å². The van der Waals surface area contributed by atoms with Crippen LogP contribution in [-0.2, 0) is 6.42 Å². The van der Waals surface area contributed by atoms with E-state index in [1.165, 1.54) is 23.2 Å². The first-order valence-corrected chi connectivity index (χ1v) is 5.42. The van der Waals surface area contributed by atoms with Gasteiger partial charge in [-0.15, -0.1) is 0 Å². The van der Waals surface area contributed by atoms with Crippen molar-refractivity contribution in [1.29, 1.82) is 0 Å². The van der Waals surface area contributed by atoms with Crippen LogP contribution in [0, 0.1) is 12.8 Å². The number of hydrogen-bond acceptors (Lipinski definition) is 1. The fourth-order valence-corrected chi connectivity index (χ4v) is 2.34. The first-order chi connectivity index (χ1) is 6.59. The number of nitrogens with zero attached hydrogens (tertiary/aromatic N) is 1. The number of fused-ring (bicyclic) bond motifs is 1. The summed E-state index contributed by atoms with van der Waals surface area (Å²) in [7, 11) is 2.20. The lowest BCUT2D eigenvalue weighted by molar-refractivity contribution is 0.443. The van der Waals surface area contributed by atoms with Crippen molar-refractivity contribution in [2.75, 3.05) is 11.9 Å². The van der Waals surface area contributed by atoms with Crippen LogP contribution in [0.15, 0.2) is 18.2 Å². The van der Waals surface area contributed by atoms with Gasteiger partial charge in [-0.05, 0) is 37.8 Å². The maximum absolute atomic E-state index is 2.41. The van der Waals surface area contributed by atoms with Crippen molar-refractivity contribution in [1.82, 2.24) is 0 Å². The van der Waals surface area contributed by atoms with Gasteiger partial charge < -0.3 is 4.90 Å². The molecule has 1 aromatic rings. The predicted molar refractivity (Wildman–Crippen MR) is 61.9 cm³/mol. The van der Waals surface area contributed by atoms with Gasteiger partial charge in [0.15, 0.2) is 0 Å². The molecule has 0 saturated heterocycles. The van der Waals surface area contributed by atoms with Crippen LogP contribution < -0.4 is 4.90 Å². The first-order valence-electron chi connectivity index (χ1n) is 5.42. The molecule has 0 spiro atoms. The number of hydrogen-bond donors (Lipinski definition) is 0. The van der Waals surface area contributed by atoms with Crippen LogP contribution in [0.1, 0.15) is 25.0 Å². The number of rotatable bonds is 0. The minimum absolute atomic E-state index is 0.658. The van der Waals surface area contributed by atoms with Crippen LogP contribution in [0.2, 0.25) is 0 Å². The highest BCUT2D eigenvalue weighted by molar-refractivity contribution is 5.57. The summed E-state index contributed by atoms with van der Waals surface area (Å²) in [5, 5.41) is 0. The average molecular weight is 189 g/mol. The van der Waals surface area contributed by atoms with E-state index in [1.807, 2.05) is 0 Å². The zero-order chi connectivity index (χ0) is 10.3. The molecule has 2 unspecified atom stereocenters. The van der Waals surface area contributed by atoms with Crippen molar-refractivity contribution < 1.29 is 0 Å². The minimum atomic E-state index is 0.658. The second-order valence-corrected chi connectivity index (χ2v) is 4.67. The van der Waals surface area contributed by atoms with Gasteiger partial charge in [0, 0.05) is 18.8 Å². The number of aryl methyl sites for hydroxylation is 1. The molecule has 1 nitrogen and oxygen atoms in total. The average Bonchev–Trinajstić information content (AvgIpc) is 2.14. The van der Waals surface area contributed by atoms with Gasteiger partial charge in [-0.1, -0.05) is 24.6 Å². The molecule has 1 aliphatic heterocycles. The molecule has 1 heteroatoms. The molecular weight excluding hydrogens is 170 g/mol. The Hall–Kier alpha value is -0.980. The SMILES string of the molecule is Cc1ccc2c(c1)CC(C)C(C)N2C. The standard InChI is InChI=1S/C13H19N/c1-9-5-6-13-12(7-9)8-10(2)11(3)14(13)4/h5-7,10-11H,8H2,1-4H3. The second kappa shape index (κ2) is 3.30. The van der Waals surface area contributed by atoms with Crippen LogP contribution in [0.4, 0.5) is 5.69 Å². The predicted octanol–water partition coefficient (Wildman–Crippen LogP) is 3.01. The molecule has 2 atom stereocenters. The van der Waals surface area contributed by atoms with Crippen LogP contribution >= 0.6 is 0 Å². The molecular formula is C13H19N. The van der Waals surface area contributed by atoms with Crippen LogP contribution in [0.5, 0.6) is 0 Å². The Bertz CT molecular complexity index is 343. The smallest absolute Gasteiger partial charge is 0.0398 e. The zero-order valence-corrected chi connectivity index (χ0v) is 9.54. The van der Waals surface area contributed by atoms with Crippen molar-refractivity contribution >= 4 is 5.69 Å². The van der Waals surface area contributed by atoms with Gasteiger partial charge in [-0.2, -0.15) is 0 Å². The van der Waals surface area contributed by atoms with E-state index in [4.69, 9.17) is 0 Å². The lowest BCUT2D eigenvalue weighted by atomic mass is 9.87. The van der Waals surface area contributed by atoms with Gasteiger partial charge >= 0.3 is 0 Å². The van der Waals surface area contributed by atoms with Crippen molar-refractivity contribution in [3.05, 3.63) is 29.3 Å². The first kappa shape index (κ1) is 9.57. The van der Waals surface area contributed by atoms with Crippen molar-refractivity contribution in [2.45, 2.75) is 33.2 Å². The Balaban J connectivity index is 2.45. The third-order valence-electron chi connectivity index (χ3n) is 3.59. The molecule has 0 fully saturated rings. The Kier molecular flexibility index (Phi) is 2.26. The molecule has 0 saturated carbocycles. The summed E-state index contributed by atoms with van der Waals surface area (Å²) in [6.45, 7) is 6.82. The molecule has 0 bridgehead atoms. The third-order valence-corrected chi connectivity index (χ3v) is 3.59. The van der Waals surface area contributed by atoms with Gasteiger partial charge in [0.25, 0.3) is 0 Å². The largest absolute Gasteiger partial charge is 0.371 e. The highest BCUT2D eigenvalue weighted by Gasteiger charge is 2.25. The lowest BCUT2D eigenvalue weighted by Crippen LogP contribution is -2.39. The van der Waals surface area contributed by atoms with Gasteiger partial charge in [0.05, 0.1) is 0 Å². The molecule has 0 aliphatic carbocycles. The van der Waals surface area contributed by atoms with E-state index in [2.05, 4.69) is 50.9 Å². The van der Waals surface area contributed by atoms with Crippen LogP contribution in [0.3, 0.4) is 0 Å². The van der Waals surface area contributed by atoms with E-state index in [1.54, 1.807) is 0 Å². The Morgan fingerprint density at radius 1 is 1.29 bits per heavy atom. The summed E-state index contributed by atoms with van der Waals surface area (Å²) < 4.78 is 0. The monoisotopic (exact) mass is 189 g/mol. The fourth-order valence-electron chi connectivity index (χ4n) is 2.34.